The van der Waals surface area contributed by atoms with Crippen molar-refractivity contribution in [3.63, 3.8) is 0 Å². The van der Waals surface area contributed by atoms with Gasteiger partial charge in [-0.2, -0.15) is 0 Å². The number of aromatic nitrogens is 1. The monoisotopic (exact) mass is 427 g/mol. The van der Waals surface area contributed by atoms with E-state index >= 15 is 0 Å². The molecule has 7 nitrogen and oxygen atoms in total. The third-order valence-corrected chi connectivity index (χ3v) is 7.09. The first-order valence-corrected chi connectivity index (χ1v) is 10.7. The number of ether oxygens (including phenoxy) is 1. The van der Waals surface area contributed by atoms with Crippen LogP contribution in [0.25, 0.3) is 11.1 Å². The van der Waals surface area contributed by atoms with Gasteiger partial charge >= 0.3 is 0 Å². The van der Waals surface area contributed by atoms with Gasteiger partial charge in [0, 0.05) is 49.5 Å². The van der Waals surface area contributed by atoms with E-state index in [0.717, 1.165) is 5.69 Å². The number of likely N-dealkylation sites (N-methyl/N-ethyl adjacent to an activating group) is 1. The van der Waals surface area contributed by atoms with E-state index in [0.29, 0.717) is 44.0 Å². The van der Waals surface area contributed by atoms with E-state index in [9.17, 15) is 19.1 Å². The van der Waals surface area contributed by atoms with Crippen LogP contribution in [0.15, 0.2) is 41.2 Å². The molecule has 5 rings (SSSR count). The van der Waals surface area contributed by atoms with Crippen LogP contribution >= 0.6 is 0 Å². The van der Waals surface area contributed by atoms with Gasteiger partial charge in [-0.05, 0) is 36.9 Å². The number of carbonyl (C=O) groups excluding carboxylic acids is 1. The minimum atomic E-state index is -0.425. The molecule has 0 saturated carbocycles. The van der Waals surface area contributed by atoms with Crippen molar-refractivity contribution in [1.29, 1.82) is 0 Å². The van der Waals surface area contributed by atoms with E-state index < -0.39 is 11.7 Å². The lowest BCUT2D eigenvalue weighted by molar-refractivity contribution is -0.142. The van der Waals surface area contributed by atoms with Gasteiger partial charge in [-0.15, -0.1) is 0 Å². The molecule has 2 bridgehead atoms. The topological polar surface area (TPSA) is 75.0 Å². The summed E-state index contributed by atoms with van der Waals surface area (Å²) in [5, 5.41) is 10.2. The Kier molecular flexibility index (Phi) is 5.16. The number of pyridine rings is 1. The average molecular weight is 427 g/mol. The summed E-state index contributed by atoms with van der Waals surface area (Å²) >= 11 is 0. The summed E-state index contributed by atoms with van der Waals surface area (Å²) in [6.45, 7) is 2.38. The van der Waals surface area contributed by atoms with Crippen LogP contribution in [0.1, 0.15) is 11.7 Å². The molecule has 1 aromatic heterocycles. The summed E-state index contributed by atoms with van der Waals surface area (Å²) in [5.41, 5.74) is 1.55. The van der Waals surface area contributed by atoms with Crippen LogP contribution in [-0.4, -0.2) is 71.4 Å². The smallest absolute Gasteiger partial charge is 0.258 e. The van der Waals surface area contributed by atoms with Gasteiger partial charge in [0.25, 0.3) is 5.56 Å². The van der Waals surface area contributed by atoms with E-state index in [4.69, 9.17) is 4.74 Å². The van der Waals surface area contributed by atoms with Gasteiger partial charge in [0.1, 0.15) is 5.82 Å². The Hall–Kier alpha value is -2.55. The molecular weight excluding hydrogens is 401 g/mol. The summed E-state index contributed by atoms with van der Waals surface area (Å²) in [5.74, 6) is -1.07. The van der Waals surface area contributed by atoms with Gasteiger partial charge in [0.15, 0.2) is 0 Å². The Labute approximate surface area is 179 Å². The highest BCUT2D eigenvalue weighted by Gasteiger charge is 2.55. The van der Waals surface area contributed by atoms with Crippen LogP contribution in [0.3, 0.4) is 0 Å². The van der Waals surface area contributed by atoms with Gasteiger partial charge in [-0.3, -0.25) is 14.5 Å². The minimum Gasteiger partial charge on any atom is -0.396 e. The zero-order valence-corrected chi connectivity index (χ0v) is 17.4. The lowest BCUT2D eigenvalue weighted by Gasteiger charge is -2.36. The van der Waals surface area contributed by atoms with E-state index in [1.807, 2.05) is 18.0 Å². The maximum atomic E-state index is 13.7. The zero-order valence-electron chi connectivity index (χ0n) is 17.4. The average Bonchev–Trinajstić information content (AvgIpc) is 2.96. The van der Waals surface area contributed by atoms with E-state index in [1.165, 1.54) is 12.1 Å². The first-order valence-electron chi connectivity index (χ1n) is 10.7. The van der Waals surface area contributed by atoms with Gasteiger partial charge in [0.05, 0.1) is 25.2 Å². The molecule has 4 atom stereocenters. The molecule has 2 saturated heterocycles. The molecule has 1 amide bonds. The number of aliphatic hydroxyl groups is 1. The molecule has 1 N–H and O–H groups in total. The Morgan fingerprint density at radius 1 is 1.23 bits per heavy atom. The molecule has 4 heterocycles. The first-order chi connectivity index (χ1) is 15.0. The van der Waals surface area contributed by atoms with Crippen molar-refractivity contribution in [2.45, 2.75) is 18.6 Å². The fourth-order valence-electron chi connectivity index (χ4n) is 5.54. The largest absolute Gasteiger partial charge is 0.396 e. The van der Waals surface area contributed by atoms with E-state index in [-0.39, 0.29) is 36.1 Å². The molecule has 0 aliphatic carbocycles. The lowest BCUT2D eigenvalue weighted by Crippen LogP contribution is -2.46. The summed E-state index contributed by atoms with van der Waals surface area (Å²) in [6.07, 6.45) is 0. The maximum Gasteiger partial charge on any atom is 0.258 e. The Morgan fingerprint density at radius 3 is 2.71 bits per heavy atom. The first kappa shape index (κ1) is 20.4. The van der Waals surface area contributed by atoms with Crippen LogP contribution in [0.2, 0.25) is 0 Å². The van der Waals surface area contributed by atoms with Gasteiger partial charge < -0.3 is 19.3 Å². The molecular formula is C23H26FN3O4. The van der Waals surface area contributed by atoms with E-state index in [2.05, 4.69) is 4.90 Å². The van der Waals surface area contributed by atoms with Crippen LogP contribution in [-0.2, 0) is 16.1 Å². The summed E-state index contributed by atoms with van der Waals surface area (Å²) < 4.78 is 20.8. The Morgan fingerprint density at radius 2 is 2.00 bits per heavy atom. The third-order valence-electron chi connectivity index (χ3n) is 7.09. The van der Waals surface area contributed by atoms with Crippen molar-refractivity contribution >= 4 is 5.91 Å². The number of benzene rings is 1. The summed E-state index contributed by atoms with van der Waals surface area (Å²) in [7, 11) is 1.96. The highest BCUT2D eigenvalue weighted by Crippen LogP contribution is 2.48. The Balaban J connectivity index is 1.57. The predicted octanol–water partition coefficient (Wildman–Crippen LogP) is 1.11. The summed E-state index contributed by atoms with van der Waals surface area (Å²) in [6, 6.07) is 9.19. The molecule has 0 radical (unpaired) electrons. The quantitative estimate of drug-likeness (QED) is 0.794. The number of morpholine rings is 1. The minimum absolute atomic E-state index is 0.0109. The van der Waals surface area contributed by atoms with Gasteiger partial charge in [-0.25, -0.2) is 4.39 Å². The number of hydrogen-bond acceptors (Lipinski definition) is 5. The molecule has 164 valence electrons. The summed E-state index contributed by atoms with van der Waals surface area (Å²) in [4.78, 5) is 30.8. The standard InChI is InChI=1S/C23H26FN3O4/c1-25-19-12-27-18(6-5-16(22(27)29)14-3-2-4-15(24)11-14)21(25)20(17(19)13-28)23(30)26-7-9-31-10-8-26/h2-6,11,17,19-21,28H,7-10,12-13H2,1H3/t17-,19-,20+,21+/m0/s1. The maximum absolute atomic E-state index is 13.7. The van der Waals surface area contributed by atoms with Crippen molar-refractivity contribution in [2.24, 2.45) is 11.8 Å². The second kappa shape index (κ2) is 7.85. The van der Waals surface area contributed by atoms with Crippen molar-refractivity contribution in [1.82, 2.24) is 14.4 Å². The van der Waals surface area contributed by atoms with Crippen molar-refractivity contribution in [2.75, 3.05) is 40.0 Å². The molecule has 3 aliphatic rings. The van der Waals surface area contributed by atoms with Gasteiger partial charge in [0.2, 0.25) is 5.91 Å². The zero-order chi connectivity index (χ0) is 21.7. The molecule has 31 heavy (non-hydrogen) atoms. The van der Waals surface area contributed by atoms with E-state index in [1.54, 1.807) is 22.8 Å². The van der Waals surface area contributed by atoms with Crippen LogP contribution in [0.5, 0.6) is 0 Å². The number of nitrogens with zero attached hydrogens (tertiary/aromatic N) is 3. The van der Waals surface area contributed by atoms with Crippen molar-refractivity contribution < 1.29 is 19.0 Å². The van der Waals surface area contributed by atoms with Gasteiger partial charge in [-0.1, -0.05) is 12.1 Å². The third kappa shape index (κ3) is 3.21. The van der Waals surface area contributed by atoms with Crippen LogP contribution in [0, 0.1) is 17.7 Å². The lowest BCUT2D eigenvalue weighted by atomic mass is 9.86. The number of fused-ring (bicyclic) bond motifs is 4. The number of amides is 1. The number of aliphatic hydroxyl groups excluding tert-OH is 1. The Bertz CT molecular complexity index is 1070. The normalized spacial score (nSPS) is 27.9. The molecule has 0 spiro atoms. The second-order valence-corrected chi connectivity index (χ2v) is 8.59. The second-order valence-electron chi connectivity index (χ2n) is 8.59. The SMILES string of the molecule is CN1[C@@H]2c3ccc(-c4cccc(F)c4)c(=O)n3C[C@H]1[C@H](CO)[C@H]2C(=O)N1CCOCC1. The number of carbonyl (C=O) groups is 1. The van der Waals surface area contributed by atoms with Crippen LogP contribution < -0.4 is 5.56 Å². The number of halogens is 1. The number of rotatable bonds is 3. The molecule has 0 unspecified atom stereocenters. The molecule has 3 aliphatic heterocycles. The highest BCUT2D eigenvalue weighted by atomic mass is 19.1. The van der Waals surface area contributed by atoms with Crippen molar-refractivity contribution in [3.05, 3.63) is 58.3 Å². The fourth-order valence-corrected chi connectivity index (χ4v) is 5.54. The molecule has 1 aromatic carbocycles. The molecule has 2 aromatic rings. The highest BCUT2D eigenvalue weighted by molar-refractivity contribution is 5.81. The molecule has 2 fully saturated rings. The predicted molar refractivity (Wildman–Crippen MR) is 112 cm³/mol. The van der Waals surface area contributed by atoms with Crippen LogP contribution in [0.4, 0.5) is 4.39 Å². The van der Waals surface area contributed by atoms with Crippen molar-refractivity contribution in [3.8, 4) is 11.1 Å². The molecule has 8 heteroatoms. The fraction of sp³-hybridized carbons (Fsp3) is 0.478. The number of hydrogen-bond donors (Lipinski definition) is 1.